The third-order valence-corrected chi connectivity index (χ3v) is 5.81. The quantitative estimate of drug-likeness (QED) is 0.810. The number of carbonyl (C=O) groups excluding carboxylic acids is 1. The van der Waals surface area contributed by atoms with E-state index >= 15 is 0 Å². The molecule has 2 rings (SSSR count). The van der Waals surface area contributed by atoms with Gasteiger partial charge >= 0.3 is 0 Å². The highest BCUT2D eigenvalue weighted by molar-refractivity contribution is 7.88. The van der Waals surface area contributed by atoms with E-state index in [1.807, 2.05) is 30.3 Å². The zero-order valence-corrected chi connectivity index (χ0v) is 15.7. The van der Waals surface area contributed by atoms with Gasteiger partial charge in [-0.1, -0.05) is 30.3 Å². The lowest BCUT2D eigenvalue weighted by molar-refractivity contribution is -0.126. The van der Waals surface area contributed by atoms with E-state index in [1.54, 1.807) is 13.8 Å². The van der Waals surface area contributed by atoms with Crippen LogP contribution in [0.4, 0.5) is 0 Å². The highest BCUT2D eigenvalue weighted by atomic mass is 35.5. The van der Waals surface area contributed by atoms with E-state index in [4.69, 9.17) is 5.73 Å². The molecule has 0 atom stereocenters. The van der Waals surface area contributed by atoms with Crippen LogP contribution in [0.5, 0.6) is 0 Å². The summed E-state index contributed by atoms with van der Waals surface area (Å²) in [6.07, 6.45) is 1.21. The number of piperidine rings is 1. The predicted molar refractivity (Wildman–Crippen MR) is 97.3 cm³/mol. The van der Waals surface area contributed by atoms with Crippen LogP contribution in [0.25, 0.3) is 0 Å². The molecule has 24 heavy (non-hydrogen) atoms. The molecule has 6 nitrogen and oxygen atoms in total. The fourth-order valence-electron chi connectivity index (χ4n) is 2.53. The van der Waals surface area contributed by atoms with E-state index in [0.29, 0.717) is 25.9 Å². The Morgan fingerprint density at radius 3 is 2.29 bits per heavy atom. The van der Waals surface area contributed by atoms with Crippen molar-refractivity contribution in [2.75, 3.05) is 13.1 Å². The maximum Gasteiger partial charge on any atom is 0.239 e. The van der Waals surface area contributed by atoms with E-state index < -0.39 is 15.6 Å². The Morgan fingerprint density at radius 2 is 1.79 bits per heavy atom. The van der Waals surface area contributed by atoms with E-state index in [9.17, 15) is 13.2 Å². The van der Waals surface area contributed by atoms with Crippen molar-refractivity contribution in [1.82, 2.24) is 9.62 Å². The minimum Gasteiger partial charge on any atom is -0.352 e. The van der Waals surface area contributed by atoms with Crippen LogP contribution in [-0.2, 0) is 20.6 Å². The number of nitrogens with two attached hydrogens (primary N) is 1. The molecule has 1 heterocycles. The summed E-state index contributed by atoms with van der Waals surface area (Å²) in [7, 11) is -3.32. The molecule has 1 amide bonds. The number of benzene rings is 1. The molecule has 0 unspecified atom stereocenters. The summed E-state index contributed by atoms with van der Waals surface area (Å²) in [6.45, 7) is 4.15. The summed E-state index contributed by atoms with van der Waals surface area (Å²) in [5.74, 6) is -0.191. The van der Waals surface area contributed by atoms with Crippen LogP contribution in [0.3, 0.4) is 0 Å². The first-order chi connectivity index (χ1) is 10.7. The largest absolute Gasteiger partial charge is 0.352 e. The van der Waals surface area contributed by atoms with Gasteiger partial charge in [0.15, 0.2) is 0 Å². The minimum atomic E-state index is -3.32. The summed E-state index contributed by atoms with van der Waals surface area (Å²) in [5.41, 5.74) is 5.63. The second kappa shape index (κ2) is 8.29. The molecule has 0 saturated carbocycles. The van der Waals surface area contributed by atoms with Crippen molar-refractivity contribution >= 4 is 28.3 Å². The molecule has 1 saturated heterocycles. The van der Waals surface area contributed by atoms with Gasteiger partial charge in [0.2, 0.25) is 15.9 Å². The molecule has 1 aromatic rings. The zero-order valence-electron chi connectivity index (χ0n) is 14.1. The van der Waals surface area contributed by atoms with Gasteiger partial charge in [-0.05, 0) is 32.3 Å². The Morgan fingerprint density at radius 1 is 1.25 bits per heavy atom. The van der Waals surface area contributed by atoms with Gasteiger partial charge in [-0.3, -0.25) is 4.79 Å². The lowest BCUT2D eigenvalue weighted by Crippen LogP contribution is -2.54. The number of rotatable bonds is 5. The number of halogens is 1. The van der Waals surface area contributed by atoms with Crippen LogP contribution in [-0.4, -0.2) is 43.3 Å². The SMILES string of the molecule is CC(C)(N)C(=O)NC1CCN(S(=O)(=O)Cc2ccccc2)CC1.Cl. The number of carbonyl (C=O) groups is 1. The molecule has 0 spiro atoms. The van der Waals surface area contributed by atoms with Gasteiger partial charge in [-0.2, -0.15) is 0 Å². The zero-order chi connectivity index (χ0) is 17.1. The summed E-state index contributed by atoms with van der Waals surface area (Å²) in [4.78, 5) is 11.9. The number of hydrogen-bond acceptors (Lipinski definition) is 4. The van der Waals surface area contributed by atoms with Crippen molar-refractivity contribution in [3.63, 3.8) is 0 Å². The summed E-state index contributed by atoms with van der Waals surface area (Å²) >= 11 is 0. The lowest BCUT2D eigenvalue weighted by atomic mass is 10.0. The third kappa shape index (κ3) is 5.73. The second-order valence-electron chi connectivity index (χ2n) is 6.61. The topological polar surface area (TPSA) is 92.5 Å². The summed E-state index contributed by atoms with van der Waals surface area (Å²) in [6, 6.07) is 9.14. The van der Waals surface area contributed by atoms with Crippen LogP contribution in [0.15, 0.2) is 30.3 Å². The minimum absolute atomic E-state index is 0. The van der Waals surface area contributed by atoms with Crippen molar-refractivity contribution in [1.29, 1.82) is 0 Å². The van der Waals surface area contributed by atoms with Crippen LogP contribution in [0.1, 0.15) is 32.3 Å². The Kier molecular flexibility index (Phi) is 7.22. The highest BCUT2D eigenvalue weighted by Crippen LogP contribution is 2.18. The number of amides is 1. The van der Waals surface area contributed by atoms with Crippen LogP contribution in [0.2, 0.25) is 0 Å². The molecule has 0 radical (unpaired) electrons. The van der Waals surface area contributed by atoms with Crippen LogP contribution < -0.4 is 11.1 Å². The van der Waals surface area contributed by atoms with Crippen molar-refractivity contribution < 1.29 is 13.2 Å². The molecule has 1 aliphatic rings. The number of nitrogens with one attached hydrogen (secondary N) is 1. The maximum atomic E-state index is 12.5. The van der Waals surface area contributed by atoms with Gasteiger partial charge in [0, 0.05) is 19.1 Å². The highest BCUT2D eigenvalue weighted by Gasteiger charge is 2.30. The molecular formula is C16H26ClN3O3S. The van der Waals surface area contributed by atoms with E-state index in [0.717, 1.165) is 5.56 Å². The van der Waals surface area contributed by atoms with Crippen LogP contribution in [0, 0.1) is 0 Å². The van der Waals surface area contributed by atoms with Gasteiger partial charge in [0.1, 0.15) is 0 Å². The molecule has 8 heteroatoms. The molecular weight excluding hydrogens is 350 g/mol. The van der Waals surface area contributed by atoms with Gasteiger partial charge in [-0.15, -0.1) is 12.4 Å². The Labute approximate surface area is 150 Å². The normalized spacial score (nSPS) is 17.1. The Bertz CT molecular complexity index is 636. The molecule has 1 fully saturated rings. The first kappa shape index (κ1) is 20.9. The molecule has 0 aromatic heterocycles. The Hall–Kier alpha value is -1.15. The van der Waals surface area contributed by atoms with Crippen molar-refractivity contribution in [2.45, 2.75) is 44.0 Å². The predicted octanol–water partition coefficient (Wildman–Crippen LogP) is 1.26. The average molecular weight is 376 g/mol. The summed E-state index contributed by atoms with van der Waals surface area (Å²) < 4.78 is 26.4. The number of hydrogen-bond donors (Lipinski definition) is 2. The second-order valence-corrected chi connectivity index (χ2v) is 8.58. The van der Waals surface area contributed by atoms with Gasteiger partial charge in [-0.25, -0.2) is 12.7 Å². The van der Waals surface area contributed by atoms with E-state index in [1.165, 1.54) is 4.31 Å². The van der Waals surface area contributed by atoms with E-state index in [2.05, 4.69) is 5.32 Å². The van der Waals surface area contributed by atoms with Gasteiger partial charge < -0.3 is 11.1 Å². The van der Waals surface area contributed by atoms with Gasteiger partial charge in [0.25, 0.3) is 0 Å². The van der Waals surface area contributed by atoms with Crippen molar-refractivity contribution in [3.05, 3.63) is 35.9 Å². The van der Waals surface area contributed by atoms with E-state index in [-0.39, 0.29) is 30.1 Å². The monoisotopic (exact) mass is 375 g/mol. The number of sulfonamides is 1. The standard InChI is InChI=1S/C16H25N3O3S.ClH/c1-16(2,17)15(20)18-14-8-10-19(11-9-14)23(21,22)12-13-6-4-3-5-7-13;/h3-7,14H,8-12,17H2,1-2H3,(H,18,20);1H. The maximum absolute atomic E-state index is 12.5. The fourth-order valence-corrected chi connectivity index (χ4v) is 4.09. The third-order valence-electron chi connectivity index (χ3n) is 3.96. The van der Waals surface area contributed by atoms with Crippen molar-refractivity contribution in [2.24, 2.45) is 5.73 Å². The fraction of sp³-hybridized carbons (Fsp3) is 0.562. The molecule has 0 bridgehead atoms. The summed E-state index contributed by atoms with van der Waals surface area (Å²) in [5, 5.41) is 2.90. The number of nitrogens with zero attached hydrogens (tertiary/aromatic N) is 1. The van der Waals surface area contributed by atoms with Crippen LogP contribution >= 0.6 is 12.4 Å². The van der Waals surface area contributed by atoms with Crippen molar-refractivity contribution in [3.8, 4) is 0 Å². The molecule has 136 valence electrons. The first-order valence-electron chi connectivity index (χ1n) is 7.80. The first-order valence-corrected chi connectivity index (χ1v) is 9.41. The van der Waals surface area contributed by atoms with Gasteiger partial charge in [0.05, 0.1) is 11.3 Å². The average Bonchev–Trinajstić information content (AvgIpc) is 2.47. The smallest absolute Gasteiger partial charge is 0.239 e. The molecule has 1 aromatic carbocycles. The lowest BCUT2D eigenvalue weighted by Gasteiger charge is -2.33. The molecule has 3 N–H and O–H groups in total. The molecule has 0 aliphatic carbocycles. The molecule has 1 aliphatic heterocycles. The Balaban J connectivity index is 0.00000288.